The van der Waals surface area contributed by atoms with E-state index < -0.39 is 17.5 Å². The Morgan fingerprint density at radius 2 is 2.00 bits per heavy atom. The number of nitrogens with zero attached hydrogens (tertiary/aromatic N) is 2. The number of carbonyl (C=O) groups is 1. The van der Waals surface area contributed by atoms with Crippen molar-refractivity contribution >= 4 is 34.3 Å². The number of anilines is 1. The number of halogens is 1. The first-order valence-corrected chi connectivity index (χ1v) is 10.6. The predicted molar refractivity (Wildman–Crippen MR) is 116 cm³/mol. The van der Waals surface area contributed by atoms with Crippen LogP contribution in [0.4, 0.5) is 10.1 Å². The Morgan fingerprint density at radius 1 is 1.19 bits per heavy atom. The monoisotopic (exact) mass is 455 g/mol. The number of carbonyl (C=O) groups excluding carboxylic acids is 1. The number of hydrogen-bond donors (Lipinski definition) is 1. The molecular formula is C22H18FN3O5S. The number of para-hydroxylation sites is 1. The number of rotatable bonds is 7. The third-order valence-corrected chi connectivity index (χ3v) is 5.28. The predicted octanol–water partition coefficient (Wildman–Crippen LogP) is 4.71. The van der Waals surface area contributed by atoms with Crippen LogP contribution in [-0.2, 0) is 10.5 Å². The Bertz CT molecular complexity index is 1340. The SMILES string of the molecule is CC(=O)Nc1ccc2c(CSc3nnc([C@H](C)Oc4ccccc4F)o3)cc(=O)oc2c1. The summed E-state index contributed by atoms with van der Waals surface area (Å²) in [7, 11) is 0. The summed E-state index contributed by atoms with van der Waals surface area (Å²) in [4.78, 5) is 23.2. The lowest BCUT2D eigenvalue weighted by Gasteiger charge is -2.11. The lowest BCUT2D eigenvalue weighted by Crippen LogP contribution is -2.06. The van der Waals surface area contributed by atoms with Gasteiger partial charge in [-0.05, 0) is 36.8 Å². The molecule has 8 nitrogen and oxygen atoms in total. The lowest BCUT2D eigenvalue weighted by molar-refractivity contribution is -0.114. The maximum atomic E-state index is 13.8. The summed E-state index contributed by atoms with van der Waals surface area (Å²) in [6.45, 7) is 3.07. The summed E-state index contributed by atoms with van der Waals surface area (Å²) in [6, 6.07) is 12.5. The maximum Gasteiger partial charge on any atom is 0.336 e. The molecule has 0 aliphatic rings. The van der Waals surface area contributed by atoms with Crippen molar-refractivity contribution in [2.75, 3.05) is 5.32 Å². The van der Waals surface area contributed by atoms with Gasteiger partial charge in [0.15, 0.2) is 17.7 Å². The minimum Gasteiger partial charge on any atom is -0.478 e. The van der Waals surface area contributed by atoms with Gasteiger partial charge in [0.05, 0.1) is 0 Å². The van der Waals surface area contributed by atoms with E-state index in [0.717, 1.165) is 5.39 Å². The van der Waals surface area contributed by atoms with Gasteiger partial charge in [-0.1, -0.05) is 23.9 Å². The van der Waals surface area contributed by atoms with E-state index >= 15 is 0 Å². The van der Waals surface area contributed by atoms with E-state index in [1.807, 2.05) is 0 Å². The molecule has 32 heavy (non-hydrogen) atoms. The second-order valence-corrected chi connectivity index (χ2v) is 7.79. The van der Waals surface area contributed by atoms with E-state index in [9.17, 15) is 14.0 Å². The van der Waals surface area contributed by atoms with Gasteiger partial charge in [-0.25, -0.2) is 9.18 Å². The fourth-order valence-corrected chi connectivity index (χ4v) is 3.75. The number of thioether (sulfide) groups is 1. The summed E-state index contributed by atoms with van der Waals surface area (Å²) >= 11 is 1.24. The smallest absolute Gasteiger partial charge is 0.336 e. The van der Waals surface area contributed by atoms with E-state index in [1.165, 1.54) is 36.9 Å². The first-order chi connectivity index (χ1) is 15.4. The normalized spacial score (nSPS) is 12.0. The molecule has 0 saturated heterocycles. The molecule has 0 unspecified atom stereocenters. The summed E-state index contributed by atoms with van der Waals surface area (Å²) in [5.41, 5.74) is 1.10. The average Bonchev–Trinajstić information content (AvgIpc) is 3.22. The second-order valence-electron chi connectivity index (χ2n) is 6.87. The molecule has 0 fully saturated rings. The van der Waals surface area contributed by atoms with Crippen LogP contribution in [0.25, 0.3) is 11.0 Å². The summed E-state index contributed by atoms with van der Waals surface area (Å²) in [5.74, 6) is -0.0449. The Balaban J connectivity index is 1.48. The molecule has 0 aliphatic heterocycles. The number of aromatic nitrogens is 2. The Labute approximate surface area is 185 Å². The van der Waals surface area contributed by atoms with Gasteiger partial charge in [-0.3, -0.25) is 4.79 Å². The average molecular weight is 455 g/mol. The number of hydrogen-bond acceptors (Lipinski definition) is 8. The number of nitrogens with one attached hydrogen (secondary N) is 1. The Hall–Kier alpha value is -3.66. The lowest BCUT2D eigenvalue weighted by atomic mass is 10.1. The van der Waals surface area contributed by atoms with Gasteiger partial charge >= 0.3 is 5.63 Å². The largest absolute Gasteiger partial charge is 0.478 e. The zero-order chi connectivity index (χ0) is 22.7. The van der Waals surface area contributed by atoms with Crippen LogP contribution < -0.4 is 15.7 Å². The summed E-state index contributed by atoms with van der Waals surface area (Å²) in [5, 5.41) is 11.6. The summed E-state index contributed by atoms with van der Waals surface area (Å²) in [6.07, 6.45) is -0.648. The molecule has 1 amide bonds. The molecule has 4 aromatic rings. The first kappa shape index (κ1) is 21.6. The highest BCUT2D eigenvalue weighted by Gasteiger charge is 2.18. The van der Waals surface area contributed by atoms with Crippen molar-refractivity contribution in [3.63, 3.8) is 0 Å². The van der Waals surface area contributed by atoms with Crippen molar-refractivity contribution in [3.05, 3.63) is 76.2 Å². The minimum absolute atomic E-state index is 0.0912. The van der Waals surface area contributed by atoms with Gasteiger partial charge in [0.1, 0.15) is 5.58 Å². The van der Waals surface area contributed by atoms with Gasteiger partial charge in [-0.15, -0.1) is 10.2 Å². The number of ether oxygens (including phenoxy) is 1. The quantitative estimate of drug-likeness (QED) is 0.315. The van der Waals surface area contributed by atoms with Crippen LogP contribution in [0.1, 0.15) is 31.4 Å². The van der Waals surface area contributed by atoms with E-state index in [-0.39, 0.29) is 22.8 Å². The van der Waals surface area contributed by atoms with Crippen molar-refractivity contribution in [2.45, 2.75) is 30.9 Å². The van der Waals surface area contributed by atoms with Crippen molar-refractivity contribution in [1.82, 2.24) is 10.2 Å². The van der Waals surface area contributed by atoms with Crippen molar-refractivity contribution in [3.8, 4) is 5.75 Å². The molecule has 0 bridgehead atoms. The molecule has 2 heterocycles. The van der Waals surface area contributed by atoms with Crippen molar-refractivity contribution < 1.29 is 22.8 Å². The van der Waals surface area contributed by atoms with Crippen molar-refractivity contribution in [2.24, 2.45) is 0 Å². The Morgan fingerprint density at radius 3 is 2.78 bits per heavy atom. The molecule has 2 aromatic heterocycles. The van der Waals surface area contributed by atoms with E-state index in [2.05, 4.69) is 15.5 Å². The number of benzene rings is 2. The van der Waals surface area contributed by atoms with Crippen LogP contribution in [-0.4, -0.2) is 16.1 Å². The molecule has 164 valence electrons. The van der Waals surface area contributed by atoms with Crippen LogP contribution in [0.2, 0.25) is 0 Å². The first-order valence-electron chi connectivity index (χ1n) is 9.61. The number of amides is 1. The molecule has 0 aliphatic carbocycles. The van der Waals surface area contributed by atoms with E-state index in [0.29, 0.717) is 22.6 Å². The zero-order valence-electron chi connectivity index (χ0n) is 17.1. The van der Waals surface area contributed by atoms with Gasteiger partial charge in [0.25, 0.3) is 11.1 Å². The molecule has 1 atom stereocenters. The van der Waals surface area contributed by atoms with Crippen LogP contribution in [0.5, 0.6) is 5.75 Å². The molecule has 2 aromatic carbocycles. The highest BCUT2D eigenvalue weighted by Crippen LogP contribution is 2.29. The highest BCUT2D eigenvalue weighted by molar-refractivity contribution is 7.98. The third-order valence-electron chi connectivity index (χ3n) is 4.41. The van der Waals surface area contributed by atoms with E-state index in [4.69, 9.17) is 13.6 Å². The van der Waals surface area contributed by atoms with Crippen LogP contribution in [0.3, 0.4) is 0 Å². The third kappa shape index (κ3) is 4.97. The number of fused-ring (bicyclic) bond motifs is 1. The molecular weight excluding hydrogens is 437 g/mol. The minimum atomic E-state index is -0.648. The highest BCUT2D eigenvalue weighted by atomic mass is 32.2. The van der Waals surface area contributed by atoms with Crippen LogP contribution in [0, 0.1) is 5.82 Å². The fourth-order valence-electron chi connectivity index (χ4n) is 2.99. The fraction of sp³-hybridized carbons (Fsp3) is 0.182. The topological polar surface area (TPSA) is 107 Å². The van der Waals surface area contributed by atoms with Gasteiger partial charge in [0.2, 0.25) is 5.91 Å². The molecule has 0 spiro atoms. The van der Waals surface area contributed by atoms with Crippen molar-refractivity contribution in [1.29, 1.82) is 0 Å². The van der Waals surface area contributed by atoms with Gasteiger partial charge in [0, 0.05) is 35.9 Å². The second kappa shape index (κ2) is 9.23. The van der Waals surface area contributed by atoms with E-state index in [1.54, 1.807) is 37.3 Å². The van der Waals surface area contributed by atoms with Crippen LogP contribution in [0.15, 0.2) is 67.4 Å². The molecule has 1 N–H and O–H groups in total. The van der Waals surface area contributed by atoms with Gasteiger partial charge < -0.3 is 18.9 Å². The molecule has 0 radical (unpaired) electrons. The Kier molecular flexibility index (Phi) is 6.22. The molecule has 0 saturated carbocycles. The zero-order valence-corrected chi connectivity index (χ0v) is 17.9. The van der Waals surface area contributed by atoms with Crippen LogP contribution >= 0.6 is 11.8 Å². The standard InChI is InChI=1S/C22H18FN3O5S/c1-12(29-18-6-4-3-5-17(18)23)21-25-26-22(31-21)32-11-14-9-20(28)30-19-10-15(24-13(2)27)7-8-16(14)19/h3-10,12H,11H2,1-2H3,(H,24,27)/t12-/m0/s1. The maximum absolute atomic E-state index is 13.8. The molecule has 10 heteroatoms. The van der Waals surface area contributed by atoms with Gasteiger partial charge in [-0.2, -0.15) is 0 Å². The summed E-state index contributed by atoms with van der Waals surface area (Å²) < 4.78 is 30.2. The molecule has 4 rings (SSSR count).